The van der Waals surface area contributed by atoms with Gasteiger partial charge in [-0.25, -0.2) is 4.79 Å². The van der Waals surface area contributed by atoms with Gasteiger partial charge in [-0.1, -0.05) is 30.3 Å². The Morgan fingerprint density at radius 2 is 1.83 bits per heavy atom. The minimum atomic E-state index is -1.26. The third-order valence-electron chi connectivity index (χ3n) is 6.30. The third-order valence-corrected chi connectivity index (χ3v) is 6.30. The monoisotopic (exact) mass is 490 g/mol. The molecule has 1 aromatic rings. The molecule has 7 N–H and O–H groups in total. The summed E-state index contributed by atoms with van der Waals surface area (Å²) in [7, 11) is 0. The van der Waals surface area contributed by atoms with Gasteiger partial charge in [-0.05, 0) is 37.7 Å². The Balaban J connectivity index is 1.60. The molecule has 2 saturated heterocycles. The molecule has 2 fully saturated rings. The second-order valence-corrected chi connectivity index (χ2v) is 8.73. The molecule has 1 unspecified atom stereocenters. The van der Waals surface area contributed by atoms with Crippen LogP contribution in [0.25, 0.3) is 0 Å². The number of ether oxygens (including phenoxy) is 1. The van der Waals surface area contributed by atoms with Crippen molar-refractivity contribution in [3.63, 3.8) is 0 Å². The number of hydrogen-bond donors (Lipinski definition) is 6. The first-order valence-corrected chi connectivity index (χ1v) is 11.8. The first kappa shape index (κ1) is 26.2. The Kier molecular flexibility index (Phi) is 9.26. The van der Waals surface area contributed by atoms with Gasteiger partial charge in [0.2, 0.25) is 11.8 Å². The Bertz CT molecular complexity index is 900. The fourth-order valence-electron chi connectivity index (χ4n) is 4.43. The van der Waals surface area contributed by atoms with Crippen molar-refractivity contribution in [3.05, 3.63) is 35.9 Å². The molecule has 2 aliphatic rings. The van der Waals surface area contributed by atoms with Crippen LogP contribution in [0.15, 0.2) is 30.3 Å². The van der Waals surface area contributed by atoms with Gasteiger partial charge < -0.3 is 41.1 Å². The summed E-state index contributed by atoms with van der Waals surface area (Å²) in [6, 6.07) is 6.31. The van der Waals surface area contributed by atoms with Crippen molar-refractivity contribution < 1.29 is 29.3 Å². The molecule has 0 aliphatic carbocycles. The number of carbonyl (C=O) groups is 3. The van der Waals surface area contributed by atoms with Crippen molar-refractivity contribution >= 4 is 23.9 Å². The maximum Gasteiger partial charge on any atom is 0.408 e. The summed E-state index contributed by atoms with van der Waals surface area (Å²) in [6.45, 7) is 0.0653. The lowest BCUT2D eigenvalue weighted by molar-refractivity contribution is -0.145. The zero-order valence-electron chi connectivity index (χ0n) is 19.6. The standard InChI is InChI=1S/C23H34N6O6/c24-22(25)29-12-6-9-16(20(29)32)26-19(31)18-10-4-5-11-28(18)21(33)17(13-30)27-23(34)35-14-15-7-2-1-3-8-15/h1-3,7-8,16-18,20,30,32H,4-6,9-14H2,(H3,24,25)(H,26,31)(H,27,34)/t16-,17+,18-,20?/m0/s1. The molecular formula is C23H34N6O6. The van der Waals surface area contributed by atoms with Gasteiger partial charge in [0.15, 0.2) is 5.96 Å². The minimum Gasteiger partial charge on any atom is -0.445 e. The molecule has 192 valence electrons. The van der Waals surface area contributed by atoms with Crippen LogP contribution in [-0.2, 0) is 20.9 Å². The number of alkyl carbamates (subject to hydrolysis) is 1. The maximum atomic E-state index is 13.2. The van der Waals surface area contributed by atoms with Crippen molar-refractivity contribution in [2.45, 2.75) is 63.1 Å². The van der Waals surface area contributed by atoms with Crippen LogP contribution in [0.2, 0.25) is 0 Å². The Hall–Kier alpha value is -3.38. The smallest absolute Gasteiger partial charge is 0.408 e. The molecule has 2 aliphatic heterocycles. The quantitative estimate of drug-likeness (QED) is 0.217. The Morgan fingerprint density at radius 3 is 2.51 bits per heavy atom. The number of piperidine rings is 2. The molecule has 12 heteroatoms. The van der Waals surface area contributed by atoms with Gasteiger partial charge in [0, 0.05) is 13.1 Å². The van der Waals surface area contributed by atoms with E-state index < -0.39 is 48.9 Å². The van der Waals surface area contributed by atoms with E-state index in [4.69, 9.17) is 15.9 Å². The number of benzene rings is 1. The molecule has 12 nitrogen and oxygen atoms in total. The Morgan fingerprint density at radius 1 is 1.11 bits per heavy atom. The van der Waals surface area contributed by atoms with Crippen LogP contribution in [0, 0.1) is 5.41 Å². The molecule has 0 spiro atoms. The lowest BCUT2D eigenvalue weighted by Crippen LogP contribution is -2.62. The highest BCUT2D eigenvalue weighted by Crippen LogP contribution is 2.21. The van der Waals surface area contributed by atoms with E-state index in [0.717, 1.165) is 12.0 Å². The summed E-state index contributed by atoms with van der Waals surface area (Å²) in [5.41, 5.74) is 6.29. The first-order valence-electron chi connectivity index (χ1n) is 11.8. The number of hydrogen-bond acceptors (Lipinski definition) is 7. The highest BCUT2D eigenvalue weighted by molar-refractivity contribution is 5.91. The van der Waals surface area contributed by atoms with Crippen LogP contribution in [0.3, 0.4) is 0 Å². The summed E-state index contributed by atoms with van der Waals surface area (Å²) in [5, 5.41) is 33.0. The number of nitrogens with one attached hydrogen (secondary N) is 3. The van der Waals surface area contributed by atoms with Crippen molar-refractivity contribution in [1.82, 2.24) is 20.4 Å². The zero-order valence-corrected chi connectivity index (χ0v) is 19.6. The van der Waals surface area contributed by atoms with E-state index in [1.807, 2.05) is 18.2 Å². The molecule has 0 aromatic heterocycles. The summed E-state index contributed by atoms with van der Waals surface area (Å²) < 4.78 is 5.14. The van der Waals surface area contributed by atoms with Crippen LogP contribution < -0.4 is 16.4 Å². The zero-order chi connectivity index (χ0) is 25.4. The van der Waals surface area contributed by atoms with E-state index in [-0.39, 0.29) is 12.6 Å². The SMILES string of the molecule is N=C(N)N1CCC[C@H](NC(=O)[C@@H]2CCCCN2C(=O)[C@@H](CO)NC(=O)OCc2ccccc2)C1O. The average Bonchev–Trinajstić information content (AvgIpc) is 2.87. The maximum absolute atomic E-state index is 13.2. The van der Waals surface area contributed by atoms with Crippen molar-refractivity contribution in [3.8, 4) is 0 Å². The average molecular weight is 491 g/mol. The van der Waals surface area contributed by atoms with E-state index in [9.17, 15) is 24.6 Å². The highest BCUT2D eigenvalue weighted by atomic mass is 16.5. The molecule has 2 heterocycles. The van der Waals surface area contributed by atoms with Crippen LogP contribution in [0.1, 0.15) is 37.7 Å². The first-order chi connectivity index (χ1) is 16.8. The van der Waals surface area contributed by atoms with Gasteiger partial charge >= 0.3 is 6.09 Å². The largest absolute Gasteiger partial charge is 0.445 e. The molecule has 0 bridgehead atoms. The van der Waals surface area contributed by atoms with Gasteiger partial charge in [-0.15, -0.1) is 0 Å². The number of nitrogens with two attached hydrogens (primary N) is 1. The molecule has 35 heavy (non-hydrogen) atoms. The number of carbonyl (C=O) groups excluding carboxylic acids is 3. The van der Waals surface area contributed by atoms with Crippen LogP contribution in [0.4, 0.5) is 4.79 Å². The highest BCUT2D eigenvalue weighted by Gasteiger charge is 2.39. The summed E-state index contributed by atoms with van der Waals surface area (Å²) in [5.74, 6) is -1.30. The van der Waals surface area contributed by atoms with Crippen molar-refractivity contribution in [1.29, 1.82) is 5.41 Å². The number of likely N-dealkylation sites (tertiary alicyclic amines) is 2. The predicted molar refractivity (Wildman–Crippen MR) is 126 cm³/mol. The molecule has 3 amide bonds. The van der Waals surface area contributed by atoms with E-state index in [0.29, 0.717) is 38.8 Å². The van der Waals surface area contributed by atoms with Crippen LogP contribution in [-0.4, -0.2) is 87.9 Å². The molecule has 0 saturated carbocycles. The van der Waals surface area contributed by atoms with Gasteiger partial charge in [-0.2, -0.15) is 0 Å². The van der Waals surface area contributed by atoms with Gasteiger partial charge in [0.05, 0.1) is 12.6 Å². The second kappa shape index (κ2) is 12.4. The molecule has 4 atom stereocenters. The van der Waals surface area contributed by atoms with E-state index >= 15 is 0 Å². The number of amides is 3. The van der Waals surface area contributed by atoms with Crippen LogP contribution >= 0.6 is 0 Å². The van der Waals surface area contributed by atoms with Crippen LogP contribution in [0.5, 0.6) is 0 Å². The number of nitrogens with zero attached hydrogens (tertiary/aromatic N) is 2. The summed E-state index contributed by atoms with van der Waals surface area (Å²) in [6.07, 6.45) is 0.967. The van der Waals surface area contributed by atoms with Gasteiger partial charge in [-0.3, -0.25) is 15.0 Å². The molecular weight excluding hydrogens is 456 g/mol. The third kappa shape index (κ3) is 6.83. The predicted octanol–water partition coefficient (Wildman–Crippen LogP) is -0.553. The topological polar surface area (TPSA) is 181 Å². The van der Waals surface area contributed by atoms with Gasteiger partial charge in [0.25, 0.3) is 0 Å². The van der Waals surface area contributed by atoms with Crippen molar-refractivity contribution in [2.75, 3.05) is 19.7 Å². The fraction of sp³-hybridized carbons (Fsp3) is 0.565. The number of guanidine groups is 1. The molecule has 1 aromatic carbocycles. The lowest BCUT2D eigenvalue weighted by Gasteiger charge is -2.41. The Labute approximate surface area is 203 Å². The molecule has 3 rings (SSSR count). The molecule has 0 radical (unpaired) electrons. The summed E-state index contributed by atoms with van der Waals surface area (Å²) >= 11 is 0. The van der Waals surface area contributed by atoms with E-state index in [1.165, 1.54) is 9.80 Å². The van der Waals surface area contributed by atoms with Gasteiger partial charge in [0.1, 0.15) is 24.9 Å². The second-order valence-electron chi connectivity index (χ2n) is 8.73. The number of aliphatic hydroxyl groups is 2. The fourth-order valence-corrected chi connectivity index (χ4v) is 4.43. The minimum absolute atomic E-state index is 0.00868. The number of aliphatic hydroxyl groups excluding tert-OH is 2. The normalized spacial score (nSPS) is 23.2. The van der Waals surface area contributed by atoms with Crippen molar-refractivity contribution in [2.24, 2.45) is 5.73 Å². The summed E-state index contributed by atoms with van der Waals surface area (Å²) in [4.78, 5) is 41.2. The number of rotatable bonds is 7. The lowest BCUT2D eigenvalue weighted by atomic mass is 9.98. The van der Waals surface area contributed by atoms with E-state index in [2.05, 4.69) is 10.6 Å². The van der Waals surface area contributed by atoms with E-state index in [1.54, 1.807) is 12.1 Å².